The lowest BCUT2D eigenvalue weighted by atomic mass is 10.1. The van der Waals surface area contributed by atoms with Gasteiger partial charge in [-0.1, -0.05) is 23.7 Å². The SMILES string of the molecule is NC(=O)O[C@@H]1Cc2cccc(Cl)c2[C@@H]1OC(N)=O. The molecular formula is C11H11ClN2O4. The van der Waals surface area contributed by atoms with E-state index in [4.69, 9.17) is 32.5 Å². The molecule has 0 spiro atoms. The number of hydrogen-bond acceptors (Lipinski definition) is 4. The van der Waals surface area contributed by atoms with E-state index in [-0.39, 0.29) is 0 Å². The van der Waals surface area contributed by atoms with Crippen LogP contribution in [0.1, 0.15) is 17.2 Å². The smallest absolute Gasteiger partial charge is 0.405 e. The molecule has 1 aromatic rings. The number of primary amides is 2. The number of carbonyl (C=O) groups excluding carboxylic acids is 2. The third kappa shape index (κ3) is 2.33. The molecule has 0 radical (unpaired) electrons. The molecule has 2 rings (SSSR count). The summed E-state index contributed by atoms with van der Waals surface area (Å²) in [6.45, 7) is 0. The van der Waals surface area contributed by atoms with Crippen LogP contribution in [-0.2, 0) is 15.9 Å². The number of benzene rings is 1. The highest BCUT2D eigenvalue weighted by Crippen LogP contribution is 2.40. The maximum Gasteiger partial charge on any atom is 0.405 e. The lowest BCUT2D eigenvalue weighted by Crippen LogP contribution is -2.30. The second-order valence-electron chi connectivity index (χ2n) is 3.85. The fraction of sp³-hybridized carbons (Fsp3) is 0.273. The highest BCUT2D eigenvalue weighted by Gasteiger charge is 2.39. The van der Waals surface area contributed by atoms with Gasteiger partial charge in [0.1, 0.15) is 6.10 Å². The minimum absolute atomic E-state index is 0.372. The van der Waals surface area contributed by atoms with Crippen LogP contribution in [0.3, 0.4) is 0 Å². The van der Waals surface area contributed by atoms with Crippen LogP contribution in [0.4, 0.5) is 9.59 Å². The Bertz CT molecular complexity index is 506. The number of nitrogens with two attached hydrogens (primary N) is 2. The van der Waals surface area contributed by atoms with E-state index in [1.54, 1.807) is 12.1 Å². The molecule has 7 heteroatoms. The Morgan fingerprint density at radius 1 is 1.22 bits per heavy atom. The maximum absolute atomic E-state index is 10.9. The van der Waals surface area contributed by atoms with Crippen molar-refractivity contribution in [2.24, 2.45) is 11.5 Å². The zero-order valence-corrected chi connectivity index (χ0v) is 10.0. The monoisotopic (exact) mass is 270 g/mol. The molecule has 0 aliphatic heterocycles. The third-order valence-electron chi connectivity index (χ3n) is 2.70. The molecule has 4 N–H and O–H groups in total. The molecule has 2 atom stereocenters. The first-order valence-corrected chi connectivity index (χ1v) is 5.56. The van der Waals surface area contributed by atoms with Gasteiger partial charge in [-0.3, -0.25) is 0 Å². The van der Waals surface area contributed by atoms with Gasteiger partial charge < -0.3 is 20.9 Å². The van der Waals surface area contributed by atoms with E-state index in [0.717, 1.165) is 5.56 Å². The van der Waals surface area contributed by atoms with E-state index in [1.807, 2.05) is 6.07 Å². The molecule has 1 aromatic carbocycles. The fourth-order valence-corrected chi connectivity index (χ4v) is 2.40. The number of amides is 2. The van der Waals surface area contributed by atoms with Crippen LogP contribution in [0, 0.1) is 0 Å². The van der Waals surface area contributed by atoms with E-state index < -0.39 is 24.4 Å². The molecule has 0 heterocycles. The highest BCUT2D eigenvalue weighted by molar-refractivity contribution is 6.31. The molecule has 1 aliphatic carbocycles. The van der Waals surface area contributed by atoms with Gasteiger partial charge in [-0.05, 0) is 11.6 Å². The van der Waals surface area contributed by atoms with E-state index in [0.29, 0.717) is 17.0 Å². The Balaban J connectivity index is 2.35. The molecular weight excluding hydrogens is 260 g/mol. The Hall–Kier alpha value is -1.95. The van der Waals surface area contributed by atoms with E-state index >= 15 is 0 Å². The Morgan fingerprint density at radius 2 is 1.89 bits per heavy atom. The van der Waals surface area contributed by atoms with Gasteiger partial charge in [0.25, 0.3) is 0 Å². The second-order valence-corrected chi connectivity index (χ2v) is 4.26. The average Bonchev–Trinajstić information content (AvgIpc) is 2.56. The predicted octanol–water partition coefficient (Wildman–Crippen LogP) is 1.50. The standard InChI is InChI=1S/C11H11ClN2O4/c12-6-3-1-2-5-4-7(17-10(13)15)9(8(5)6)18-11(14)16/h1-3,7,9H,4H2,(H2,13,15)(H2,14,16)/t7-,9-/m1/s1. The van der Waals surface area contributed by atoms with Crippen molar-refractivity contribution in [3.63, 3.8) is 0 Å². The van der Waals surface area contributed by atoms with Crippen LogP contribution < -0.4 is 11.5 Å². The van der Waals surface area contributed by atoms with Crippen LogP contribution in [-0.4, -0.2) is 18.3 Å². The summed E-state index contributed by atoms with van der Waals surface area (Å²) in [6, 6.07) is 5.22. The number of carbonyl (C=O) groups is 2. The van der Waals surface area contributed by atoms with Crippen LogP contribution in [0.25, 0.3) is 0 Å². The number of fused-ring (bicyclic) bond motifs is 1. The molecule has 1 aliphatic rings. The summed E-state index contributed by atoms with van der Waals surface area (Å²) in [5.41, 5.74) is 11.4. The predicted molar refractivity (Wildman–Crippen MR) is 63.0 cm³/mol. The summed E-state index contributed by atoms with van der Waals surface area (Å²) in [6.07, 6.45) is -3.06. The summed E-state index contributed by atoms with van der Waals surface area (Å²) in [5.74, 6) is 0. The molecule has 0 unspecified atom stereocenters. The molecule has 0 bridgehead atoms. The molecule has 2 amide bonds. The van der Waals surface area contributed by atoms with Gasteiger partial charge in [-0.15, -0.1) is 0 Å². The van der Waals surface area contributed by atoms with Gasteiger partial charge in [0, 0.05) is 17.0 Å². The highest BCUT2D eigenvalue weighted by atomic mass is 35.5. The minimum Gasteiger partial charge on any atom is -0.442 e. The van der Waals surface area contributed by atoms with Gasteiger partial charge in [0.2, 0.25) is 0 Å². The lowest BCUT2D eigenvalue weighted by molar-refractivity contribution is 0.00577. The number of hydrogen-bond donors (Lipinski definition) is 2. The number of halogens is 1. The quantitative estimate of drug-likeness (QED) is 0.849. The average molecular weight is 271 g/mol. The zero-order chi connectivity index (χ0) is 13.3. The van der Waals surface area contributed by atoms with Crippen LogP contribution in [0.5, 0.6) is 0 Å². The molecule has 0 fully saturated rings. The Kier molecular flexibility index (Phi) is 3.29. The Labute approximate surface area is 108 Å². The number of rotatable bonds is 2. The molecule has 0 saturated heterocycles. The normalized spacial score (nSPS) is 21.2. The van der Waals surface area contributed by atoms with Crippen LogP contribution in [0.15, 0.2) is 18.2 Å². The van der Waals surface area contributed by atoms with Crippen molar-refractivity contribution in [2.75, 3.05) is 0 Å². The Morgan fingerprint density at radius 3 is 2.50 bits per heavy atom. The van der Waals surface area contributed by atoms with Crippen LogP contribution >= 0.6 is 11.6 Å². The van der Waals surface area contributed by atoms with Gasteiger partial charge in [0.15, 0.2) is 6.10 Å². The molecule has 6 nitrogen and oxygen atoms in total. The lowest BCUT2D eigenvalue weighted by Gasteiger charge is -2.19. The van der Waals surface area contributed by atoms with Crippen molar-refractivity contribution >= 4 is 23.8 Å². The van der Waals surface area contributed by atoms with Gasteiger partial charge in [-0.25, -0.2) is 9.59 Å². The topological polar surface area (TPSA) is 105 Å². The summed E-state index contributed by atoms with van der Waals surface area (Å²) in [4.78, 5) is 21.7. The largest absolute Gasteiger partial charge is 0.442 e. The van der Waals surface area contributed by atoms with Crippen molar-refractivity contribution in [3.05, 3.63) is 34.3 Å². The zero-order valence-electron chi connectivity index (χ0n) is 9.26. The van der Waals surface area contributed by atoms with E-state index in [2.05, 4.69) is 0 Å². The fourth-order valence-electron chi connectivity index (χ4n) is 2.10. The summed E-state index contributed by atoms with van der Waals surface area (Å²) < 4.78 is 9.86. The van der Waals surface area contributed by atoms with Crippen molar-refractivity contribution in [3.8, 4) is 0 Å². The first kappa shape index (κ1) is 12.5. The minimum atomic E-state index is -0.967. The summed E-state index contributed by atoms with van der Waals surface area (Å²) in [5, 5.41) is 0.425. The molecule has 0 aromatic heterocycles. The summed E-state index contributed by atoms with van der Waals surface area (Å²) >= 11 is 6.05. The van der Waals surface area contributed by atoms with E-state index in [9.17, 15) is 9.59 Å². The van der Waals surface area contributed by atoms with Crippen molar-refractivity contribution < 1.29 is 19.1 Å². The second kappa shape index (κ2) is 4.73. The van der Waals surface area contributed by atoms with E-state index in [1.165, 1.54) is 0 Å². The molecule has 18 heavy (non-hydrogen) atoms. The van der Waals surface area contributed by atoms with Gasteiger partial charge >= 0.3 is 12.2 Å². The van der Waals surface area contributed by atoms with Gasteiger partial charge in [-0.2, -0.15) is 0 Å². The third-order valence-corrected chi connectivity index (χ3v) is 3.03. The van der Waals surface area contributed by atoms with Crippen molar-refractivity contribution in [2.45, 2.75) is 18.6 Å². The van der Waals surface area contributed by atoms with Crippen molar-refractivity contribution in [1.82, 2.24) is 0 Å². The van der Waals surface area contributed by atoms with Crippen molar-refractivity contribution in [1.29, 1.82) is 0 Å². The first-order valence-electron chi connectivity index (χ1n) is 5.18. The summed E-state index contributed by atoms with van der Waals surface area (Å²) in [7, 11) is 0. The molecule has 0 saturated carbocycles. The molecule has 96 valence electrons. The van der Waals surface area contributed by atoms with Crippen LogP contribution in [0.2, 0.25) is 5.02 Å². The number of ether oxygens (including phenoxy) is 2. The first-order chi connectivity index (χ1) is 8.49. The maximum atomic E-state index is 10.9. The van der Waals surface area contributed by atoms with Gasteiger partial charge in [0.05, 0.1) is 0 Å².